The molecule has 3 aromatic rings. The van der Waals surface area contributed by atoms with Gasteiger partial charge in [0, 0.05) is 36.5 Å². The average Bonchev–Trinajstić information content (AvgIpc) is 2.76. The number of aromatic nitrogens is 1. The van der Waals surface area contributed by atoms with Gasteiger partial charge in [0.25, 0.3) is 0 Å². The second kappa shape index (κ2) is 8.34. The Morgan fingerprint density at radius 3 is 2.52 bits per heavy atom. The zero-order chi connectivity index (χ0) is 23.9. The molecule has 0 aliphatic carbocycles. The fraction of sp³-hybridized carbons (Fsp3) is 0.167. The number of carbonyl (C=O) groups excluding carboxylic acids is 1. The molecule has 1 aliphatic heterocycles. The Morgan fingerprint density at radius 2 is 1.85 bits per heavy atom. The van der Waals surface area contributed by atoms with Gasteiger partial charge in [-0.05, 0) is 49.2 Å². The summed E-state index contributed by atoms with van der Waals surface area (Å²) in [5.41, 5.74) is 1.42. The van der Waals surface area contributed by atoms with Gasteiger partial charge >= 0.3 is 11.9 Å². The number of nitrogens with one attached hydrogen (secondary N) is 1. The number of anilines is 3. The lowest BCUT2D eigenvalue weighted by Gasteiger charge is -2.29. The summed E-state index contributed by atoms with van der Waals surface area (Å²) in [6.07, 6.45) is 1.94. The first-order chi connectivity index (χ1) is 15.7. The molecule has 2 heterocycles. The van der Waals surface area contributed by atoms with E-state index in [-0.39, 0.29) is 35.7 Å². The van der Waals surface area contributed by atoms with E-state index in [2.05, 4.69) is 10.3 Å². The highest BCUT2D eigenvalue weighted by atomic mass is 19.1. The number of carboxylic acid groups (broad SMARTS) is 2. The lowest BCUT2D eigenvalue weighted by Crippen LogP contribution is -2.32. The highest BCUT2D eigenvalue weighted by Gasteiger charge is 2.29. The number of nitrogens with zero attached hydrogens (tertiary/aromatic N) is 2. The average molecular weight is 449 g/mol. The summed E-state index contributed by atoms with van der Waals surface area (Å²) < 4.78 is 15.9. The number of carboxylic acids is 2. The summed E-state index contributed by atoms with van der Waals surface area (Å²) in [6, 6.07) is 8.90. The lowest BCUT2D eigenvalue weighted by molar-refractivity contribution is -0.118. The maximum Gasteiger partial charge on any atom is 0.338 e. The van der Waals surface area contributed by atoms with Gasteiger partial charge in [-0.25, -0.2) is 14.0 Å². The van der Waals surface area contributed by atoms with E-state index < -0.39 is 28.9 Å². The highest BCUT2D eigenvalue weighted by Crippen LogP contribution is 2.42. The number of benzene rings is 2. The largest absolute Gasteiger partial charge is 0.478 e. The van der Waals surface area contributed by atoms with Gasteiger partial charge in [-0.3, -0.25) is 9.78 Å². The van der Waals surface area contributed by atoms with Crippen molar-refractivity contribution in [2.24, 2.45) is 0 Å². The molecule has 1 aromatic heterocycles. The van der Waals surface area contributed by atoms with Crippen LogP contribution < -0.4 is 10.2 Å². The number of pyridine rings is 1. The van der Waals surface area contributed by atoms with E-state index in [1.54, 1.807) is 32.2 Å². The summed E-state index contributed by atoms with van der Waals surface area (Å²) in [5, 5.41) is 22.0. The van der Waals surface area contributed by atoms with Crippen LogP contribution in [0.25, 0.3) is 11.1 Å². The van der Waals surface area contributed by atoms with E-state index >= 15 is 4.39 Å². The first-order valence-corrected chi connectivity index (χ1v) is 10.1. The van der Waals surface area contributed by atoms with Gasteiger partial charge < -0.3 is 20.4 Å². The van der Waals surface area contributed by atoms with E-state index in [1.807, 2.05) is 0 Å². The van der Waals surface area contributed by atoms with Crippen LogP contribution in [0.2, 0.25) is 0 Å². The molecule has 0 atom stereocenters. The first kappa shape index (κ1) is 21.9. The Hall–Kier alpha value is -4.27. The number of rotatable bonds is 5. The van der Waals surface area contributed by atoms with Crippen molar-refractivity contribution in [3.63, 3.8) is 0 Å². The summed E-state index contributed by atoms with van der Waals surface area (Å²) in [6.45, 7) is 1.76. The third-order valence-electron chi connectivity index (χ3n) is 5.63. The summed E-state index contributed by atoms with van der Waals surface area (Å²) in [7, 11) is 1.55. The lowest BCUT2D eigenvalue weighted by atomic mass is 9.93. The van der Waals surface area contributed by atoms with Crippen LogP contribution in [0.3, 0.4) is 0 Å². The number of fused-ring (bicyclic) bond motifs is 1. The molecule has 0 saturated carbocycles. The SMILES string of the molecule is Cc1cc(-c2c(Nc3cccc(C(=O)O)c3C(=O)O)cc3c(c2F)CCC(=O)N3C)ccn1. The van der Waals surface area contributed by atoms with Crippen molar-refractivity contribution in [3.05, 3.63) is 70.8 Å². The Bertz CT molecular complexity index is 1320. The van der Waals surface area contributed by atoms with Gasteiger partial charge in [0.2, 0.25) is 5.91 Å². The van der Waals surface area contributed by atoms with Crippen LogP contribution in [0.1, 0.15) is 38.4 Å². The Balaban J connectivity index is 1.98. The zero-order valence-corrected chi connectivity index (χ0v) is 17.8. The quantitative estimate of drug-likeness (QED) is 0.533. The summed E-state index contributed by atoms with van der Waals surface area (Å²) >= 11 is 0. The zero-order valence-electron chi connectivity index (χ0n) is 17.8. The standard InChI is InChI=1S/C24H20FN3O5/c1-12-10-13(8-9-26-12)20-17(11-18-14(22(20)25)6-7-19(29)28(18)2)27-16-5-3-4-15(23(30)31)21(16)24(32)33/h3-5,8-11,27H,6-7H2,1-2H3,(H,30,31)(H,32,33). The first-order valence-electron chi connectivity index (χ1n) is 10.1. The van der Waals surface area contributed by atoms with Crippen LogP contribution in [-0.4, -0.2) is 40.1 Å². The third-order valence-corrected chi connectivity index (χ3v) is 5.63. The molecule has 8 nitrogen and oxygen atoms in total. The smallest absolute Gasteiger partial charge is 0.338 e. The number of hydrogen-bond donors (Lipinski definition) is 3. The van der Waals surface area contributed by atoms with Crippen molar-refractivity contribution in [2.45, 2.75) is 19.8 Å². The molecule has 1 amide bonds. The van der Waals surface area contributed by atoms with Crippen LogP contribution in [0, 0.1) is 12.7 Å². The van der Waals surface area contributed by atoms with Crippen molar-refractivity contribution in [2.75, 3.05) is 17.3 Å². The molecule has 1 aliphatic rings. The van der Waals surface area contributed by atoms with E-state index in [0.29, 0.717) is 22.5 Å². The summed E-state index contributed by atoms with van der Waals surface area (Å²) in [4.78, 5) is 41.2. The van der Waals surface area contributed by atoms with Crippen molar-refractivity contribution < 1.29 is 29.0 Å². The fourth-order valence-corrected chi connectivity index (χ4v) is 4.04. The van der Waals surface area contributed by atoms with E-state index in [0.717, 1.165) is 0 Å². The molecule has 3 N–H and O–H groups in total. The monoisotopic (exact) mass is 449 g/mol. The van der Waals surface area contributed by atoms with E-state index in [1.165, 1.54) is 29.3 Å². The van der Waals surface area contributed by atoms with E-state index in [9.17, 15) is 24.6 Å². The van der Waals surface area contributed by atoms with Crippen molar-refractivity contribution in [1.29, 1.82) is 0 Å². The van der Waals surface area contributed by atoms with Crippen LogP contribution >= 0.6 is 0 Å². The van der Waals surface area contributed by atoms with Crippen LogP contribution in [0.5, 0.6) is 0 Å². The molecule has 4 rings (SSSR count). The molecule has 0 saturated heterocycles. The van der Waals surface area contributed by atoms with Gasteiger partial charge in [-0.15, -0.1) is 0 Å². The molecule has 0 radical (unpaired) electrons. The van der Waals surface area contributed by atoms with Crippen LogP contribution in [0.15, 0.2) is 42.6 Å². The van der Waals surface area contributed by atoms with Crippen molar-refractivity contribution >= 4 is 34.9 Å². The molecular formula is C24H20FN3O5. The minimum atomic E-state index is -1.44. The molecule has 168 valence electrons. The molecule has 33 heavy (non-hydrogen) atoms. The van der Waals surface area contributed by atoms with E-state index in [4.69, 9.17) is 0 Å². The molecule has 0 unspecified atom stereocenters. The number of aromatic carboxylic acids is 2. The minimum absolute atomic E-state index is 0.0152. The van der Waals surface area contributed by atoms with Crippen molar-refractivity contribution in [1.82, 2.24) is 4.98 Å². The molecule has 9 heteroatoms. The fourth-order valence-electron chi connectivity index (χ4n) is 4.04. The number of aryl methyl sites for hydroxylation is 1. The van der Waals surface area contributed by atoms with Crippen LogP contribution in [0.4, 0.5) is 21.5 Å². The number of amides is 1. The maximum absolute atomic E-state index is 15.9. The molecule has 2 aromatic carbocycles. The third kappa shape index (κ3) is 3.89. The predicted octanol–water partition coefficient (Wildman–Crippen LogP) is 4.25. The second-order valence-electron chi connectivity index (χ2n) is 7.71. The Morgan fingerprint density at radius 1 is 1.09 bits per heavy atom. The molecule has 0 spiro atoms. The Labute approximate surface area is 188 Å². The van der Waals surface area contributed by atoms with Gasteiger partial charge in [0.05, 0.1) is 28.2 Å². The van der Waals surface area contributed by atoms with Crippen molar-refractivity contribution in [3.8, 4) is 11.1 Å². The molecule has 0 bridgehead atoms. The summed E-state index contributed by atoms with van der Waals surface area (Å²) in [5.74, 6) is -3.55. The Kier molecular flexibility index (Phi) is 5.55. The topological polar surface area (TPSA) is 120 Å². The van der Waals surface area contributed by atoms with Gasteiger partial charge in [0.1, 0.15) is 5.82 Å². The van der Waals surface area contributed by atoms with Gasteiger partial charge in [-0.1, -0.05) is 6.07 Å². The maximum atomic E-state index is 15.9. The minimum Gasteiger partial charge on any atom is -0.478 e. The highest BCUT2D eigenvalue weighted by molar-refractivity contribution is 6.07. The number of halogens is 1. The predicted molar refractivity (Wildman–Crippen MR) is 120 cm³/mol. The molecule has 0 fully saturated rings. The van der Waals surface area contributed by atoms with Gasteiger partial charge in [-0.2, -0.15) is 0 Å². The van der Waals surface area contributed by atoms with Gasteiger partial charge in [0.15, 0.2) is 0 Å². The normalized spacial score (nSPS) is 12.9. The number of hydrogen-bond acceptors (Lipinski definition) is 5. The van der Waals surface area contributed by atoms with Crippen LogP contribution in [-0.2, 0) is 11.2 Å². The number of carbonyl (C=O) groups is 3. The molecular weight excluding hydrogens is 429 g/mol. The second-order valence-corrected chi connectivity index (χ2v) is 7.71.